The van der Waals surface area contributed by atoms with E-state index in [0.717, 1.165) is 28.2 Å². The minimum atomic E-state index is -4.50. The number of aliphatic imine (C=N–C) groups is 1. The van der Waals surface area contributed by atoms with Gasteiger partial charge in [0.1, 0.15) is 0 Å². The van der Waals surface area contributed by atoms with E-state index in [4.69, 9.17) is 11.5 Å². The Hall–Kier alpha value is -3.01. The third-order valence-electron chi connectivity index (χ3n) is 5.70. The molecular weight excluding hydrogens is 453 g/mol. The number of alkyl halides is 3. The van der Waals surface area contributed by atoms with Gasteiger partial charge < -0.3 is 16.4 Å². The zero-order chi connectivity index (χ0) is 24.3. The maximum absolute atomic E-state index is 13.0. The van der Waals surface area contributed by atoms with E-state index in [0.29, 0.717) is 31.5 Å². The maximum atomic E-state index is 13.0. The molecule has 0 unspecified atom stereocenters. The summed E-state index contributed by atoms with van der Waals surface area (Å²) in [6, 6.07) is 8.25. The molecule has 2 aromatic rings. The minimum absolute atomic E-state index is 0.0338. The van der Waals surface area contributed by atoms with Crippen LogP contribution in [-0.2, 0) is 6.18 Å². The molecule has 1 aliphatic rings. The summed E-state index contributed by atoms with van der Waals surface area (Å²) in [4.78, 5) is 31.2. The first-order valence-corrected chi connectivity index (χ1v) is 11.5. The van der Waals surface area contributed by atoms with Crippen LogP contribution in [0.15, 0.2) is 46.3 Å². The second kappa shape index (κ2) is 9.86. The van der Waals surface area contributed by atoms with E-state index in [-0.39, 0.29) is 17.4 Å². The van der Waals surface area contributed by atoms with Crippen molar-refractivity contribution in [1.29, 1.82) is 0 Å². The molecule has 1 aliphatic heterocycles. The molecular formula is C23H25F3N4O2S. The van der Waals surface area contributed by atoms with Crippen molar-refractivity contribution in [3.8, 4) is 0 Å². The number of aryl methyl sites for hydroxylation is 1. The summed E-state index contributed by atoms with van der Waals surface area (Å²) in [5.74, 6) is -1.05. The van der Waals surface area contributed by atoms with E-state index >= 15 is 0 Å². The van der Waals surface area contributed by atoms with Gasteiger partial charge in [-0.1, -0.05) is 12.1 Å². The lowest BCUT2D eigenvalue weighted by Gasteiger charge is -2.33. The fourth-order valence-corrected chi connectivity index (χ4v) is 4.72. The Morgan fingerprint density at radius 2 is 1.79 bits per heavy atom. The smallest absolute Gasteiger partial charge is 0.370 e. The van der Waals surface area contributed by atoms with Gasteiger partial charge >= 0.3 is 6.18 Å². The second-order valence-corrected chi connectivity index (χ2v) is 8.74. The zero-order valence-corrected chi connectivity index (χ0v) is 19.1. The SMILES string of the molecule is CSc1cc(C(=O)N=C(N)N)c(C)cc1C1CCN(C(=O)c2cccc(C(F)(F)F)c2)CC1. The lowest BCUT2D eigenvalue weighted by atomic mass is 9.87. The summed E-state index contributed by atoms with van der Waals surface area (Å²) < 4.78 is 39.0. The highest BCUT2D eigenvalue weighted by Crippen LogP contribution is 2.37. The number of nitrogens with two attached hydrogens (primary N) is 2. The van der Waals surface area contributed by atoms with Crippen molar-refractivity contribution in [3.05, 3.63) is 64.2 Å². The lowest BCUT2D eigenvalue weighted by Crippen LogP contribution is -2.38. The average Bonchev–Trinajstić information content (AvgIpc) is 2.77. The van der Waals surface area contributed by atoms with Gasteiger partial charge in [0, 0.05) is 29.1 Å². The van der Waals surface area contributed by atoms with E-state index in [1.54, 1.807) is 11.0 Å². The van der Waals surface area contributed by atoms with E-state index < -0.39 is 23.6 Å². The molecule has 2 amide bonds. The molecule has 0 spiro atoms. The van der Waals surface area contributed by atoms with E-state index in [9.17, 15) is 22.8 Å². The molecule has 4 N–H and O–H groups in total. The number of halogens is 3. The number of carbonyl (C=O) groups excluding carboxylic acids is 2. The Kier molecular flexibility index (Phi) is 7.36. The van der Waals surface area contributed by atoms with Gasteiger partial charge in [0.05, 0.1) is 5.56 Å². The average molecular weight is 479 g/mol. The molecule has 33 heavy (non-hydrogen) atoms. The van der Waals surface area contributed by atoms with Crippen molar-refractivity contribution in [2.45, 2.75) is 36.8 Å². The van der Waals surface area contributed by atoms with Gasteiger partial charge in [-0.3, -0.25) is 9.59 Å². The van der Waals surface area contributed by atoms with Crippen LogP contribution in [-0.4, -0.2) is 42.0 Å². The van der Waals surface area contributed by atoms with Gasteiger partial charge in [-0.15, -0.1) is 11.8 Å². The molecule has 2 aromatic carbocycles. The Bertz CT molecular complexity index is 1090. The third kappa shape index (κ3) is 5.68. The number of benzene rings is 2. The van der Waals surface area contributed by atoms with Gasteiger partial charge in [0.15, 0.2) is 5.96 Å². The van der Waals surface area contributed by atoms with Crippen LogP contribution in [0.1, 0.15) is 56.2 Å². The first-order valence-electron chi connectivity index (χ1n) is 10.3. The normalized spacial score (nSPS) is 14.8. The highest BCUT2D eigenvalue weighted by molar-refractivity contribution is 7.98. The molecule has 0 radical (unpaired) electrons. The number of thioether (sulfide) groups is 1. The quantitative estimate of drug-likeness (QED) is 0.390. The van der Waals surface area contributed by atoms with Crippen LogP contribution in [0, 0.1) is 6.92 Å². The van der Waals surface area contributed by atoms with E-state index in [1.807, 2.05) is 19.2 Å². The molecule has 10 heteroatoms. The summed E-state index contributed by atoms with van der Waals surface area (Å²) in [6.45, 7) is 2.68. The molecule has 0 atom stereocenters. The van der Waals surface area contributed by atoms with E-state index in [1.165, 1.54) is 23.9 Å². The monoisotopic (exact) mass is 478 g/mol. The molecule has 6 nitrogen and oxygen atoms in total. The molecule has 176 valence electrons. The summed E-state index contributed by atoms with van der Waals surface area (Å²) in [5, 5.41) is 0. The van der Waals surface area contributed by atoms with Crippen molar-refractivity contribution >= 4 is 29.5 Å². The predicted octanol–water partition coefficient (Wildman–Crippen LogP) is 4.17. The number of hydrogen-bond donors (Lipinski definition) is 2. The molecule has 0 aromatic heterocycles. The van der Waals surface area contributed by atoms with Crippen LogP contribution in [0.25, 0.3) is 0 Å². The number of amides is 2. The standard InChI is InChI=1S/C23H25F3N4O2S/c1-13-10-18(19(33-2)12-17(13)20(31)29-22(27)28)14-6-8-30(9-7-14)21(32)15-4-3-5-16(11-15)23(24,25)26/h3-5,10-12,14H,6-9H2,1-2H3,(H4,27,28,29,31). The summed E-state index contributed by atoms with van der Waals surface area (Å²) >= 11 is 1.51. The van der Waals surface area contributed by atoms with Crippen LogP contribution in [0.5, 0.6) is 0 Å². The highest BCUT2D eigenvalue weighted by Gasteiger charge is 2.32. The lowest BCUT2D eigenvalue weighted by molar-refractivity contribution is -0.137. The Labute approximate surface area is 194 Å². The molecule has 0 saturated carbocycles. The Balaban J connectivity index is 1.76. The van der Waals surface area contributed by atoms with Crippen molar-refractivity contribution in [2.24, 2.45) is 16.5 Å². The summed E-state index contributed by atoms with van der Waals surface area (Å²) in [5.41, 5.74) is 12.1. The second-order valence-electron chi connectivity index (χ2n) is 7.90. The van der Waals surface area contributed by atoms with Crippen molar-refractivity contribution in [2.75, 3.05) is 19.3 Å². The molecule has 0 bridgehead atoms. The van der Waals surface area contributed by atoms with Crippen LogP contribution < -0.4 is 11.5 Å². The van der Waals surface area contributed by atoms with Gasteiger partial charge in [-0.25, -0.2) is 0 Å². The molecule has 0 aliphatic carbocycles. The largest absolute Gasteiger partial charge is 0.416 e. The number of carbonyl (C=O) groups is 2. The number of nitrogens with zero attached hydrogens (tertiary/aromatic N) is 2. The van der Waals surface area contributed by atoms with Gasteiger partial charge in [-0.05, 0) is 67.3 Å². The first-order chi connectivity index (χ1) is 15.5. The van der Waals surface area contributed by atoms with Gasteiger partial charge in [-0.2, -0.15) is 18.2 Å². The van der Waals surface area contributed by atoms with Crippen molar-refractivity contribution < 1.29 is 22.8 Å². The van der Waals surface area contributed by atoms with Crippen LogP contribution in [0.4, 0.5) is 13.2 Å². The summed E-state index contributed by atoms with van der Waals surface area (Å²) in [6.07, 6.45) is -1.25. The number of likely N-dealkylation sites (tertiary alicyclic amines) is 1. The molecule has 3 rings (SSSR count). The Morgan fingerprint density at radius 1 is 1.12 bits per heavy atom. The summed E-state index contributed by atoms with van der Waals surface area (Å²) in [7, 11) is 0. The van der Waals surface area contributed by atoms with Gasteiger partial charge in [0.25, 0.3) is 11.8 Å². The fraction of sp³-hybridized carbons (Fsp3) is 0.348. The predicted molar refractivity (Wildman–Crippen MR) is 122 cm³/mol. The van der Waals surface area contributed by atoms with Crippen LogP contribution in [0.2, 0.25) is 0 Å². The number of hydrogen-bond acceptors (Lipinski definition) is 3. The topological polar surface area (TPSA) is 102 Å². The minimum Gasteiger partial charge on any atom is -0.370 e. The number of rotatable bonds is 4. The fourth-order valence-electron chi connectivity index (χ4n) is 4.02. The maximum Gasteiger partial charge on any atom is 0.416 e. The molecule has 1 heterocycles. The van der Waals surface area contributed by atoms with Crippen LogP contribution in [0.3, 0.4) is 0 Å². The highest BCUT2D eigenvalue weighted by atomic mass is 32.2. The first kappa shape index (κ1) is 24.6. The van der Waals surface area contributed by atoms with Crippen molar-refractivity contribution in [1.82, 2.24) is 4.90 Å². The molecule has 1 saturated heterocycles. The number of guanidine groups is 1. The number of piperidine rings is 1. The van der Waals surface area contributed by atoms with Gasteiger partial charge in [0.2, 0.25) is 0 Å². The Morgan fingerprint density at radius 3 is 2.36 bits per heavy atom. The van der Waals surface area contributed by atoms with Crippen molar-refractivity contribution in [3.63, 3.8) is 0 Å². The van der Waals surface area contributed by atoms with E-state index in [2.05, 4.69) is 4.99 Å². The third-order valence-corrected chi connectivity index (χ3v) is 6.49. The zero-order valence-electron chi connectivity index (χ0n) is 18.3. The van der Waals surface area contributed by atoms with Crippen LogP contribution >= 0.6 is 11.8 Å². The molecule has 1 fully saturated rings.